The van der Waals surface area contributed by atoms with Crippen molar-refractivity contribution in [3.05, 3.63) is 39.8 Å². The fourth-order valence-corrected chi connectivity index (χ4v) is 1.26. The topological polar surface area (TPSA) is 0 Å². The molecule has 0 N–H and O–H groups in total. The molecule has 0 aliphatic heterocycles. The van der Waals surface area contributed by atoms with Gasteiger partial charge in [-0.3, -0.25) is 0 Å². The largest absolute Gasteiger partial charge is 0.0984 e. The van der Waals surface area contributed by atoms with E-state index in [4.69, 9.17) is 11.6 Å². The van der Waals surface area contributed by atoms with Crippen LogP contribution in [0.25, 0.3) is 6.08 Å². The van der Waals surface area contributed by atoms with Gasteiger partial charge in [0.25, 0.3) is 0 Å². The molecule has 0 aromatic heterocycles. The Balaban J connectivity index is 3.27. The lowest BCUT2D eigenvalue weighted by atomic mass is 10.2. The first-order valence-electron chi connectivity index (χ1n) is 2.82. The summed E-state index contributed by atoms with van der Waals surface area (Å²) in [4.78, 5) is 0. The normalized spacial score (nSPS) is 9.40. The van der Waals surface area contributed by atoms with Gasteiger partial charge in [0.2, 0.25) is 0 Å². The Bertz CT molecular complexity index is 255. The van der Waals surface area contributed by atoms with Gasteiger partial charge in [-0.2, -0.15) is 0 Å². The Hall–Kier alpha value is -0.270. The predicted octanol–water partition coefficient (Wildman–Crippen LogP) is 3.75. The predicted molar refractivity (Wildman–Crippen MR) is 49.2 cm³/mol. The molecule has 1 rings (SSSR count). The van der Waals surface area contributed by atoms with E-state index in [1.165, 1.54) is 0 Å². The van der Waals surface area contributed by atoms with Gasteiger partial charge >= 0.3 is 0 Å². The lowest BCUT2D eigenvalue weighted by molar-refractivity contribution is 1.61. The average molecular weight is 217 g/mol. The fourth-order valence-electron chi connectivity index (χ4n) is 0.678. The summed E-state index contributed by atoms with van der Waals surface area (Å²) in [6.45, 7) is 3.63. The number of hydrogen-bond acceptors (Lipinski definition) is 0. The van der Waals surface area contributed by atoms with Gasteiger partial charge in [0, 0.05) is 4.47 Å². The van der Waals surface area contributed by atoms with Crippen LogP contribution >= 0.6 is 27.5 Å². The van der Waals surface area contributed by atoms with Crippen LogP contribution in [0.1, 0.15) is 5.56 Å². The smallest absolute Gasteiger partial charge is 0.0620 e. The van der Waals surface area contributed by atoms with E-state index >= 15 is 0 Å². The molecule has 0 atom stereocenters. The molecule has 52 valence electrons. The second-order valence-electron chi connectivity index (χ2n) is 1.85. The van der Waals surface area contributed by atoms with Crippen LogP contribution in [0.5, 0.6) is 0 Å². The van der Waals surface area contributed by atoms with Crippen molar-refractivity contribution in [3.8, 4) is 0 Å². The van der Waals surface area contributed by atoms with E-state index < -0.39 is 0 Å². The van der Waals surface area contributed by atoms with Crippen LogP contribution in [0.3, 0.4) is 0 Å². The zero-order valence-electron chi connectivity index (χ0n) is 5.27. The van der Waals surface area contributed by atoms with Crippen LogP contribution in [-0.2, 0) is 0 Å². The maximum absolute atomic E-state index is 5.88. The van der Waals surface area contributed by atoms with Crippen molar-refractivity contribution in [3.63, 3.8) is 0 Å². The highest BCUT2D eigenvalue weighted by Crippen LogP contribution is 2.26. The molecule has 0 fully saturated rings. The van der Waals surface area contributed by atoms with Crippen LogP contribution in [0, 0.1) is 0 Å². The van der Waals surface area contributed by atoms with Crippen molar-refractivity contribution in [2.45, 2.75) is 0 Å². The van der Waals surface area contributed by atoms with E-state index in [1.807, 2.05) is 18.2 Å². The van der Waals surface area contributed by atoms with Gasteiger partial charge in [-0.1, -0.05) is 36.4 Å². The molecule has 0 nitrogen and oxygen atoms in total. The summed E-state index contributed by atoms with van der Waals surface area (Å²) in [7, 11) is 0. The Labute approximate surface area is 73.6 Å². The molecular weight excluding hydrogens is 211 g/mol. The molecule has 0 saturated heterocycles. The molecule has 0 unspecified atom stereocenters. The second kappa shape index (κ2) is 3.22. The van der Waals surface area contributed by atoms with Gasteiger partial charge in [-0.05, 0) is 27.6 Å². The van der Waals surface area contributed by atoms with Gasteiger partial charge in [0.1, 0.15) is 0 Å². The van der Waals surface area contributed by atoms with Gasteiger partial charge < -0.3 is 0 Å². The molecule has 2 heteroatoms. The summed E-state index contributed by atoms with van der Waals surface area (Å²) in [6, 6.07) is 5.74. The molecular formula is C8H6BrCl. The van der Waals surface area contributed by atoms with Gasteiger partial charge in [0.05, 0.1) is 5.02 Å². The molecule has 0 spiro atoms. The minimum atomic E-state index is 0.720. The van der Waals surface area contributed by atoms with E-state index in [9.17, 15) is 0 Å². The highest BCUT2D eigenvalue weighted by molar-refractivity contribution is 9.10. The fraction of sp³-hybridized carbons (Fsp3) is 0. The van der Waals surface area contributed by atoms with E-state index in [1.54, 1.807) is 6.08 Å². The molecule has 0 saturated carbocycles. The zero-order chi connectivity index (χ0) is 7.56. The molecule has 1 aromatic carbocycles. The van der Waals surface area contributed by atoms with E-state index in [2.05, 4.69) is 22.5 Å². The number of benzene rings is 1. The number of rotatable bonds is 1. The molecule has 0 aliphatic rings. The molecule has 1 aromatic rings. The average Bonchev–Trinajstić information content (AvgIpc) is 1.95. The van der Waals surface area contributed by atoms with Crippen LogP contribution < -0.4 is 0 Å². The monoisotopic (exact) mass is 216 g/mol. The maximum Gasteiger partial charge on any atom is 0.0620 e. The van der Waals surface area contributed by atoms with E-state index in [0.717, 1.165) is 15.1 Å². The van der Waals surface area contributed by atoms with Gasteiger partial charge in [-0.25, -0.2) is 0 Å². The lowest BCUT2D eigenvalue weighted by Crippen LogP contribution is -1.74. The second-order valence-corrected chi connectivity index (χ2v) is 3.08. The molecule has 0 bridgehead atoms. The highest BCUT2D eigenvalue weighted by Gasteiger charge is 1.98. The first kappa shape index (κ1) is 7.83. The summed E-state index contributed by atoms with van der Waals surface area (Å²) in [6.07, 6.45) is 1.73. The third kappa shape index (κ3) is 1.41. The van der Waals surface area contributed by atoms with Crippen molar-refractivity contribution in [2.24, 2.45) is 0 Å². The zero-order valence-corrected chi connectivity index (χ0v) is 7.61. The lowest BCUT2D eigenvalue weighted by Gasteiger charge is -1.97. The quantitative estimate of drug-likeness (QED) is 0.672. The first-order valence-corrected chi connectivity index (χ1v) is 3.99. The SMILES string of the molecule is C=Cc1cccc(Br)c1Cl. The van der Waals surface area contributed by atoms with Crippen molar-refractivity contribution in [2.75, 3.05) is 0 Å². The van der Waals surface area contributed by atoms with E-state index in [-0.39, 0.29) is 0 Å². The standard InChI is InChI=1S/C8H6BrCl/c1-2-6-4-3-5-7(9)8(6)10/h2-5H,1H2. The van der Waals surface area contributed by atoms with Crippen LogP contribution in [-0.4, -0.2) is 0 Å². The third-order valence-corrected chi connectivity index (χ3v) is 2.51. The maximum atomic E-state index is 5.88. The molecule has 0 amide bonds. The minimum absolute atomic E-state index is 0.720. The molecule has 0 aliphatic carbocycles. The molecule has 0 radical (unpaired) electrons. The Morgan fingerprint density at radius 3 is 2.70 bits per heavy atom. The van der Waals surface area contributed by atoms with Crippen molar-refractivity contribution in [1.82, 2.24) is 0 Å². The summed E-state index contributed by atoms with van der Waals surface area (Å²) in [5.41, 5.74) is 0.955. The Morgan fingerprint density at radius 1 is 1.50 bits per heavy atom. The van der Waals surface area contributed by atoms with Gasteiger partial charge in [-0.15, -0.1) is 0 Å². The number of hydrogen-bond donors (Lipinski definition) is 0. The van der Waals surface area contributed by atoms with Gasteiger partial charge in [0.15, 0.2) is 0 Å². The van der Waals surface area contributed by atoms with Crippen LogP contribution in [0.2, 0.25) is 5.02 Å². The summed E-state index contributed by atoms with van der Waals surface area (Å²) < 4.78 is 0.909. The van der Waals surface area contributed by atoms with Crippen molar-refractivity contribution >= 4 is 33.6 Å². The molecule has 10 heavy (non-hydrogen) atoms. The van der Waals surface area contributed by atoms with Crippen LogP contribution in [0.15, 0.2) is 29.3 Å². The minimum Gasteiger partial charge on any atom is -0.0984 e. The van der Waals surface area contributed by atoms with E-state index in [0.29, 0.717) is 0 Å². The van der Waals surface area contributed by atoms with Crippen molar-refractivity contribution in [1.29, 1.82) is 0 Å². The number of halogens is 2. The Kier molecular flexibility index (Phi) is 2.52. The summed E-state index contributed by atoms with van der Waals surface area (Å²) in [5.74, 6) is 0. The summed E-state index contributed by atoms with van der Waals surface area (Å²) in [5, 5.41) is 0.720. The van der Waals surface area contributed by atoms with Crippen LogP contribution in [0.4, 0.5) is 0 Å². The first-order chi connectivity index (χ1) is 4.75. The summed E-state index contributed by atoms with van der Waals surface area (Å²) >= 11 is 9.18. The van der Waals surface area contributed by atoms with Crippen molar-refractivity contribution < 1.29 is 0 Å². The third-order valence-electron chi connectivity index (χ3n) is 1.20. The highest BCUT2D eigenvalue weighted by atomic mass is 79.9. The molecule has 0 heterocycles. The Morgan fingerprint density at radius 2 is 2.20 bits per heavy atom.